The Morgan fingerprint density at radius 3 is 2.23 bits per heavy atom. The summed E-state index contributed by atoms with van der Waals surface area (Å²) in [6, 6.07) is 17.7. The number of ether oxygens (including phenoxy) is 2. The predicted octanol–water partition coefficient (Wildman–Crippen LogP) is 4.12. The number of benzene rings is 3. The van der Waals surface area contributed by atoms with Crippen molar-refractivity contribution in [2.45, 2.75) is 23.8 Å². The number of methoxy groups -OCH3 is 1. The summed E-state index contributed by atoms with van der Waals surface area (Å²) in [5, 5.41) is 1.75. The van der Waals surface area contributed by atoms with E-state index < -0.39 is 10.0 Å². The van der Waals surface area contributed by atoms with Crippen LogP contribution in [0.1, 0.15) is 12.8 Å². The van der Waals surface area contributed by atoms with Crippen molar-refractivity contribution in [3.8, 4) is 11.5 Å². The topological polar surface area (TPSA) is 67.9 Å². The highest BCUT2D eigenvalue weighted by molar-refractivity contribution is 7.92. The molecule has 1 N–H and O–H groups in total. The second-order valence-corrected chi connectivity index (χ2v) is 9.31. The van der Waals surface area contributed by atoms with Crippen molar-refractivity contribution in [3.63, 3.8) is 0 Å². The minimum atomic E-state index is -3.69. The molecule has 158 valence electrons. The van der Waals surface area contributed by atoms with E-state index in [0.29, 0.717) is 5.69 Å². The molecule has 1 saturated heterocycles. The van der Waals surface area contributed by atoms with Crippen molar-refractivity contribution in [1.29, 1.82) is 0 Å². The zero-order valence-corrected chi connectivity index (χ0v) is 18.0. The van der Waals surface area contributed by atoms with E-state index in [1.165, 1.54) is 0 Å². The van der Waals surface area contributed by atoms with Gasteiger partial charge >= 0.3 is 0 Å². The Morgan fingerprint density at radius 1 is 0.900 bits per heavy atom. The number of hydrogen-bond acceptors (Lipinski definition) is 5. The third-order valence-electron chi connectivity index (χ3n) is 5.40. The van der Waals surface area contributed by atoms with Gasteiger partial charge in [0.2, 0.25) is 0 Å². The van der Waals surface area contributed by atoms with Gasteiger partial charge in [-0.2, -0.15) is 0 Å². The van der Waals surface area contributed by atoms with Crippen molar-refractivity contribution < 1.29 is 17.9 Å². The number of rotatable bonds is 6. The van der Waals surface area contributed by atoms with Crippen LogP contribution in [0.25, 0.3) is 10.8 Å². The summed E-state index contributed by atoms with van der Waals surface area (Å²) in [4.78, 5) is 2.51. The standard InChI is InChI=1S/C23H26N2O4S/c1-25-13-11-21(12-14-25)29-20-8-5-19(6-9-20)24-30(26,27)23-10-4-17-15-22(28-2)7-3-18(17)16-23/h3-10,15-16,21,24H,11-14H2,1-2H3. The molecular weight excluding hydrogens is 400 g/mol. The monoisotopic (exact) mass is 426 g/mol. The summed E-state index contributed by atoms with van der Waals surface area (Å²) in [7, 11) is 0.0255. The Hall–Kier alpha value is -2.77. The highest BCUT2D eigenvalue weighted by Gasteiger charge is 2.18. The molecule has 1 aliphatic heterocycles. The quantitative estimate of drug-likeness (QED) is 0.642. The number of fused-ring (bicyclic) bond motifs is 1. The van der Waals surface area contributed by atoms with Gasteiger partial charge < -0.3 is 14.4 Å². The number of hydrogen-bond donors (Lipinski definition) is 1. The predicted molar refractivity (Wildman–Crippen MR) is 119 cm³/mol. The lowest BCUT2D eigenvalue weighted by Gasteiger charge is -2.29. The van der Waals surface area contributed by atoms with E-state index >= 15 is 0 Å². The first-order valence-corrected chi connectivity index (χ1v) is 11.5. The smallest absolute Gasteiger partial charge is 0.261 e. The number of nitrogens with one attached hydrogen (secondary N) is 1. The molecule has 30 heavy (non-hydrogen) atoms. The van der Waals surface area contributed by atoms with Gasteiger partial charge in [-0.05, 0) is 79.2 Å². The van der Waals surface area contributed by atoms with Crippen LogP contribution in [-0.4, -0.2) is 46.7 Å². The number of sulfonamides is 1. The zero-order chi connectivity index (χ0) is 21.1. The van der Waals surface area contributed by atoms with Gasteiger partial charge in [-0.1, -0.05) is 12.1 Å². The molecule has 0 unspecified atom stereocenters. The molecule has 7 heteroatoms. The molecule has 1 heterocycles. The van der Waals surface area contributed by atoms with Crippen molar-refractivity contribution in [1.82, 2.24) is 4.90 Å². The molecule has 1 aliphatic rings. The van der Waals surface area contributed by atoms with E-state index in [0.717, 1.165) is 48.2 Å². The van der Waals surface area contributed by atoms with Crippen LogP contribution in [-0.2, 0) is 10.0 Å². The Labute approximate surface area is 177 Å². The first-order chi connectivity index (χ1) is 14.4. The van der Waals surface area contributed by atoms with Crippen LogP contribution in [0.3, 0.4) is 0 Å². The third kappa shape index (κ3) is 4.68. The first-order valence-electron chi connectivity index (χ1n) is 9.99. The molecular formula is C23H26N2O4S. The number of nitrogens with zero attached hydrogens (tertiary/aromatic N) is 1. The molecule has 0 amide bonds. The van der Waals surface area contributed by atoms with Crippen LogP contribution < -0.4 is 14.2 Å². The van der Waals surface area contributed by atoms with Gasteiger partial charge in [0, 0.05) is 18.8 Å². The van der Waals surface area contributed by atoms with E-state index in [2.05, 4.69) is 16.7 Å². The summed E-state index contributed by atoms with van der Waals surface area (Å²) in [5.74, 6) is 1.49. The molecule has 0 bridgehead atoms. The molecule has 6 nitrogen and oxygen atoms in total. The molecule has 0 atom stereocenters. The molecule has 4 rings (SSSR count). The van der Waals surface area contributed by atoms with Gasteiger partial charge in [-0.25, -0.2) is 8.42 Å². The molecule has 3 aromatic rings. The van der Waals surface area contributed by atoms with Crippen molar-refractivity contribution in [2.75, 3.05) is 32.0 Å². The van der Waals surface area contributed by atoms with Crippen LogP contribution in [0.2, 0.25) is 0 Å². The molecule has 1 fully saturated rings. The fourth-order valence-electron chi connectivity index (χ4n) is 3.61. The summed E-state index contributed by atoms with van der Waals surface area (Å²) in [6.45, 7) is 2.06. The minimum Gasteiger partial charge on any atom is -0.497 e. The maximum absolute atomic E-state index is 12.8. The van der Waals surface area contributed by atoms with Crippen molar-refractivity contribution in [3.05, 3.63) is 60.7 Å². The van der Waals surface area contributed by atoms with E-state index in [9.17, 15) is 8.42 Å². The SMILES string of the molecule is COc1ccc2cc(S(=O)(=O)Nc3ccc(OC4CCN(C)CC4)cc3)ccc2c1. The third-order valence-corrected chi connectivity index (χ3v) is 6.78. The molecule has 0 saturated carbocycles. The van der Waals surface area contributed by atoms with Gasteiger partial charge in [0.05, 0.1) is 12.0 Å². The maximum Gasteiger partial charge on any atom is 0.261 e. The lowest BCUT2D eigenvalue weighted by atomic mass is 10.1. The fourth-order valence-corrected chi connectivity index (χ4v) is 4.70. The normalized spacial score (nSPS) is 15.8. The van der Waals surface area contributed by atoms with Gasteiger partial charge in [-0.15, -0.1) is 0 Å². The summed E-state index contributed by atoms with van der Waals surface area (Å²) in [5.41, 5.74) is 0.501. The lowest BCUT2D eigenvalue weighted by molar-refractivity contribution is 0.114. The number of piperidine rings is 1. The van der Waals surface area contributed by atoms with Crippen molar-refractivity contribution >= 4 is 26.5 Å². The Kier molecular flexibility index (Phi) is 5.83. The zero-order valence-electron chi connectivity index (χ0n) is 17.2. The second kappa shape index (κ2) is 8.53. The van der Waals surface area contributed by atoms with Crippen LogP contribution in [0.4, 0.5) is 5.69 Å². The van der Waals surface area contributed by atoms with Gasteiger partial charge in [0.1, 0.15) is 17.6 Å². The summed E-state index contributed by atoms with van der Waals surface area (Å²) < 4.78 is 39.5. The van der Waals surface area contributed by atoms with E-state index in [1.807, 2.05) is 30.3 Å². The van der Waals surface area contributed by atoms with E-state index in [4.69, 9.17) is 9.47 Å². The average molecular weight is 427 g/mol. The first kappa shape index (κ1) is 20.5. The highest BCUT2D eigenvalue weighted by Crippen LogP contribution is 2.26. The largest absolute Gasteiger partial charge is 0.497 e. The summed E-state index contributed by atoms with van der Waals surface area (Å²) >= 11 is 0. The lowest BCUT2D eigenvalue weighted by Crippen LogP contribution is -2.35. The van der Waals surface area contributed by atoms with E-state index in [-0.39, 0.29) is 11.0 Å². The number of anilines is 1. The molecule has 3 aromatic carbocycles. The Bertz CT molecular complexity index is 1120. The maximum atomic E-state index is 12.8. The molecule has 0 aliphatic carbocycles. The van der Waals surface area contributed by atoms with Gasteiger partial charge in [-0.3, -0.25) is 4.72 Å². The minimum absolute atomic E-state index is 0.208. The van der Waals surface area contributed by atoms with Gasteiger partial charge in [0.15, 0.2) is 0 Å². The highest BCUT2D eigenvalue weighted by atomic mass is 32.2. The van der Waals surface area contributed by atoms with Gasteiger partial charge in [0.25, 0.3) is 10.0 Å². The van der Waals surface area contributed by atoms with Crippen molar-refractivity contribution in [2.24, 2.45) is 0 Å². The fraction of sp³-hybridized carbons (Fsp3) is 0.304. The Balaban J connectivity index is 1.45. The van der Waals surface area contributed by atoms with Crippen LogP contribution in [0.15, 0.2) is 65.6 Å². The average Bonchev–Trinajstić information content (AvgIpc) is 2.75. The van der Waals surface area contributed by atoms with Crippen LogP contribution >= 0.6 is 0 Å². The molecule has 0 aromatic heterocycles. The van der Waals surface area contributed by atoms with Crippen LogP contribution in [0.5, 0.6) is 11.5 Å². The molecule has 0 spiro atoms. The second-order valence-electron chi connectivity index (χ2n) is 7.63. The Morgan fingerprint density at radius 2 is 1.53 bits per heavy atom. The van der Waals surface area contributed by atoms with Crippen LogP contribution in [0, 0.1) is 0 Å². The summed E-state index contributed by atoms with van der Waals surface area (Å²) in [6.07, 6.45) is 2.21. The molecule has 0 radical (unpaired) electrons. The van der Waals surface area contributed by atoms with E-state index in [1.54, 1.807) is 37.4 Å². The number of likely N-dealkylation sites (tertiary alicyclic amines) is 1.